The van der Waals surface area contributed by atoms with Crippen molar-refractivity contribution in [3.05, 3.63) is 23.5 Å². The monoisotopic (exact) mass is 300 g/mol. The number of nitrogens with two attached hydrogens (primary N) is 1. The number of benzene rings is 1. The van der Waals surface area contributed by atoms with Crippen LogP contribution in [0.5, 0.6) is 0 Å². The van der Waals surface area contributed by atoms with Gasteiger partial charge in [0.05, 0.1) is 0 Å². The topological polar surface area (TPSA) is 72.2 Å². The number of hydrogen-bond acceptors (Lipinski definition) is 3. The van der Waals surface area contributed by atoms with Crippen LogP contribution in [0.3, 0.4) is 0 Å². The third kappa shape index (κ3) is 3.12. The first-order chi connectivity index (χ1) is 9.31. The second kappa shape index (κ2) is 5.69. The molecule has 0 amide bonds. The highest BCUT2D eigenvalue weighted by Crippen LogP contribution is 2.27. The van der Waals surface area contributed by atoms with Crippen molar-refractivity contribution in [2.75, 3.05) is 5.73 Å². The van der Waals surface area contributed by atoms with E-state index in [1.807, 2.05) is 6.92 Å². The molecule has 2 unspecified atom stereocenters. The number of aryl methyl sites for hydroxylation is 1. The van der Waals surface area contributed by atoms with Gasteiger partial charge in [0, 0.05) is 11.7 Å². The van der Waals surface area contributed by atoms with Crippen LogP contribution in [-0.4, -0.2) is 14.5 Å². The molecular formula is C14H21FN2O2S. The lowest BCUT2D eigenvalue weighted by Gasteiger charge is -2.29. The van der Waals surface area contributed by atoms with Crippen molar-refractivity contribution in [1.29, 1.82) is 0 Å². The molecule has 1 fully saturated rings. The summed E-state index contributed by atoms with van der Waals surface area (Å²) < 4.78 is 41.4. The number of halogens is 1. The first kappa shape index (κ1) is 15.3. The summed E-state index contributed by atoms with van der Waals surface area (Å²) in [5.41, 5.74) is 6.12. The molecule has 0 aromatic heterocycles. The van der Waals surface area contributed by atoms with Crippen molar-refractivity contribution in [3.63, 3.8) is 0 Å². The van der Waals surface area contributed by atoms with E-state index in [-0.39, 0.29) is 28.1 Å². The van der Waals surface area contributed by atoms with E-state index in [0.717, 1.165) is 25.7 Å². The molecule has 1 saturated carbocycles. The molecule has 0 radical (unpaired) electrons. The van der Waals surface area contributed by atoms with Gasteiger partial charge in [-0.25, -0.2) is 17.5 Å². The van der Waals surface area contributed by atoms with Gasteiger partial charge in [-0.15, -0.1) is 0 Å². The minimum absolute atomic E-state index is 0.130. The molecule has 2 atom stereocenters. The Morgan fingerprint density at radius 1 is 1.30 bits per heavy atom. The lowest BCUT2D eigenvalue weighted by Crippen LogP contribution is -2.41. The number of nitrogen functional groups attached to an aromatic ring is 1. The van der Waals surface area contributed by atoms with Gasteiger partial charge in [-0.1, -0.05) is 19.8 Å². The third-order valence-corrected chi connectivity index (χ3v) is 5.44. The molecule has 0 spiro atoms. The summed E-state index contributed by atoms with van der Waals surface area (Å²) in [4.78, 5) is -0.354. The van der Waals surface area contributed by atoms with Gasteiger partial charge >= 0.3 is 0 Å². The summed E-state index contributed by atoms with van der Waals surface area (Å²) in [6.07, 6.45) is 3.90. The molecule has 1 aliphatic carbocycles. The molecule has 20 heavy (non-hydrogen) atoms. The van der Waals surface area contributed by atoms with Gasteiger partial charge in [0.15, 0.2) is 0 Å². The Morgan fingerprint density at radius 2 is 1.95 bits per heavy atom. The van der Waals surface area contributed by atoms with Crippen LogP contribution in [-0.2, 0) is 10.0 Å². The standard InChI is InChI=1S/C14H21FN2O2S/c1-9-5-3-4-6-12(9)17-20(18,19)13-8-11(16)7-10(2)14(13)15/h7-9,12,17H,3-6,16H2,1-2H3. The largest absolute Gasteiger partial charge is 0.399 e. The summed E-state index contributed by atoms with van der Waals surface area (Å²) in [7, 11) is -3.87. The quantitative estimate of drug-likeness (QED) is 0.843. The maximum Gasteiger partial charge on any atom is 0.243 e. The van der Waals surface area contributed by atoms with Crippen molar-refractivity contribution in [3.8, 4) is 0 Å². The van der Waals surface area contributed by atoms with E-state index in [1.54, 1.807) is 0 Å². The minimum atomic E-state index is -3.87. The fraction of sp³-hybridized carbons (Fsp3) is 0.571. The van der Waals surface area contributed by atoms with Gasteiger partial charge in [-0.2, -0.15) is 0 Å². The van der Waals surface area contributed by atoms with Crippen molar-refractivity contribution in [2.24, 2.45) is 5.92 Å². The molecule has 4 nitrogen and oxygen atoms in total. The Hall–Kier alpha value is -1.14. The number of sulfonamides is 1. The molecule has 3 N–H and O–H groups in total. The Balaban J connectivity index is 2.31. The SMILES string of the molecule is Cc1cc(N)cc(S(=O)(=O)NC2CCCCC2C)c1F. The summed E-state index contributed by atoms with van der Waals surface area (Å²) in [6.45, 7) is 3.53. The van der Waals surface area contributed by atoms with Crippen LogP contribution in [0.4, 0.5) is 10.1 Å². The number of rotatable bonds is 3. The molecule has 0 aliphatic heterocycles. The highest BCUT2D eigenvalue weighted by atomic mass is 32.2. The predicted molar refractivity (Wildman–Crippen MR) is 77.3 cm³/mol. The fourth-order valence-corrected chi connectivity index (χ4v) is 4.28. The zero-order valence-electron chi connectivity index (χ0n) is 11.8. The van der Waals surface area contributed by atoms with Crippen LogP contribution < -0.4 is 10.5 Å². The van der Waals surface area contributed by atoms with Gasteiger partial charge in [-0.3, -0.25) is 0 Å². The first-order valence-electron chi connectivity index (χ1n) is 6.89. The van der Waals surface area contributed by atoms with E-state index < -0.39 is 15.8 Å². The number of hydrogen-bond donors (Lipinski definition) is 2. The van der Waals surface area contributed by atoms with Gasteiger partial charge < -0.3 is 5.73 Å². The van der Waals surface area contributed by atoms with Crippen LogP contribution in [0.25, 0.3) is 0 Å². The molecule has 1 aromatic carbocycles. The van der Waals surface area contributed by atoms with Crippen LogP contribution in [0, 0.1) is 18.7 Å². The van der Waals surface area contributed by atoms with Crippen LogP contribution in [0.1, 0.15) is 38.2 Å². The summed E-state index contributed by atoms with van der Waals surface area (Å²) >= 11 is 0. The van der Waals surface area contributed by atoms with Gasteiger partial charge in [0.2, 0.25) is 10.0 Å². The molecule has 6 heteroatoms. The smallest absolute Gasteiger partial charge is 0.243 e. The van der Waals surface area contributed by atoms with Crippen molar-refractivity contribution in [1.82, 2.24) is 4.72 Å². The lowest BCUT2D eigenvalue weighted by atomic mass is 9.87. The Morgan fingerprint density at radius 3 is 2.60 bits per heavy atom. The third-order valence-electron chi connectivity index (χ3n) is 3.95. The molecule has 0 bridgehead atoms. The predicted octanol–water partition coefficient (Wildman–Crippen LogP) is 2.57. The van der Waals surface area contributed by atoms with Crippen molar-refractivity contribution >= 4 is 15.7 Å². The summed E-state index contributed by atoms with van der Waals surface area (Å²) in [5, 5.41) is 0. The highest BCUT2D eigenvalue weighted by Gasteiger charge is 2.29. The molecule has 0 heterocycles. The number of anilines is 1. The van der Waals surface area contributed by atoms with Crippen molar-refractivity contribution in [2.45, 2.75) is 50.5 Å². The molecule has 0 saturated heterocycles. The first-order valence-corrected chi connectivity index (χ1v) is 8.37. The summed E-state index contributed by atoms with van der Waals surface area (Å²) in [6, 6.07) is 2.48. The minimum Gasteiger partial charge on any atom is -0.399 e. The van der Waals surface area contributed by atoms with Crippen LogP contribution >= 0.6 is 0 Å². The lowest BCUT2D eigenvalue weighted by molar-refractivity contribution is 0.310. The van der Waals surface area contributed by atoms with E-state index in [2.05, 4.69) is 4.72 Å². The average molecular weight is 300 g/mol. The van der Waals surface area contributed by atoms with E-state index >= 15 is 0 Å². The normalized spacial score (nSPS) is 23.8. The summed E-state index contributed by atoms with van der Waals surface area (Å²) in [5.74, 6) is -0.459. The van der Waals surface area contributed by atoms with Crippen LogP contribution in [0.15, 0.2) is 17.0 Å². The molecule has 2 rings (SSSR count). The number of nitrogens with one attached hydrogen (secondary N) is 1. The zero-order chi connectivity index (χ0) is 14.9. The van der Waals surface area contributed by atoms with E-state index in [9.17, 15) is 12.8 Å². The Labute approximate surface area is 119 Å². The van der Waals surface area contributed by atoms with Gasteiger partial charge in [-0.05, 0) is 43.4 Å². The van der Waals surface area contributed by atoms with Crippen molar-refractivity contribution < 1.29 is 12.8 Å². The Kier molecular flexibility index (Phi) is 4.34. The van der Waals surface area contributed by atoms with E-state index in [1.165, 1.54) is 19.1 Å². The molecule has 1 aliphatic rings. The fourth-order valence-electron chi connectivity index (χ4n) is 2.71. The maximum atomic E-state index is 14.1. The average Bonchev–Trinajstić information content (AvgIpc) is 2.36. The molecule has 1 aromatic rings. The maximum absolute atomic E-state index is 14.1. The highest BCUT2D eigenvalue weighted by molar-refractivity contribution is 7.89. The second-order valence-electron chi connectivity index (χ2n) is 5.64. The van der Waals surface area contributed by atoms with Gasteiger partial charge in [0.1, 0.15) is 10.7 Å². The zero-order valence-corrected chi connectivity index (χ0v) is 12.6. The Bertz CT molecular complexity index is 601. The van der Waals surface area contributed by atoms with E-state index in [4.69, 9.17) is 5.73 Å². The van der Waals surface area contributed by atoms with Gasteiger partial charge in [0.25, 0.3) is 0 Å². The van der Waals surface area contributed by atoms with Crippen LogP contribution in [0.2, 0.25) is 0 Å². The molecular weight excluding hydrogens is 279 g/mol. The second-order valence-corrected chi connectivity index (χ2v) is 7.32. The molecule has 112 valence electrons. The van der Waals surface area contributed by atoms with E-state index in [0.29, 0.717) is 0 Å².